The number of hydrazone groups is 1. The molecule has 0 aliphatic carbocycles. The smallest absolute Gasteiger partial charge is 0.271 e. The van der Waals surface area contributed by atoms with Gasteiger partial charge in [-0.3, -0.25) is 4.79 Å². The molecule has 1 amide bonds. The molecule has 1 saturated heterocycles. The van der Waals surface area contributed by atoms with Crippen molar-refractivity contribution in [3.05, 3.63) is 64.8 Å². The van der Waals surface area contributed by atoms with E-state index in [2.05, 4.69) is 31.9 Å². The number of hydrogen-bond acceptors (Lipinski definition) is 7. The second-order valence-electron chi connectivity index (χ2n) is 7.98. The van der Waals surface area contributed by atoms with E-state index in [1.165, 1.54) is 0 Å². The van der Waals surface area contributed by atoms with Crippen LogP contribution in [0, 0.1) is 6.92 Å². The highest BCUT2D eigenvalue weighted by Crippen LogP contribution is 2.32. The Balaban J connectivity index is 1.37. The van der Waals surface area contributed by atoms with Crippen LogP contribution < -0.4 is 10.3 Å². The first-order valence-electron chi connectivity index (χ1n) is 11.3. The number of hydrogen-bond donors (Lipinski definition) is 1. The van der Waals surface area contributed by atoms with Crippen molar-refractivity contribution >= 4 is 39.6 Å². The third-order valence-electron chi connectivity index (χ3n) is 5.84. The first kappa shape index (κ1) is 22.2. The fraction of sp³-hybridized carbons (Fsp3) is 0.280. The minimum absolute atomic E-state index is 0.277. The molecule has 0 saturated carbocycles. The molecule has 1 fully saturated rings. The number of aromatic nitrogens is 3. The van der Waals surface area contributed by atoms with Crippen LogP contribution in [0.5, 0.6) is 0 Å². The normalized spacial score (nSPS) is 14.2. The minimum Gasteiger partial charge on any atom is -0.378 e. The highest BCUT2D eigenvalue weighted by molar-refractivity contribution is 7.17. The van der Waals surface area contributed by atoms with Crippen molar-refractivity contribution in [3.63, 3.8) is 0 Å². The largest absolute Gasteiger partial charge is 0.378 e. The van der Waals surface area contributed by atoms with E-state index in [0.717, 1.165) is 57.8 Å². The van der Waals surface area contributed by atoms with Gasteiger partial charge in [-0.1, -0.05) is 41.7 Å². The van der Waals surface area contributed by atoms with Crippen LogP contribution in [-0.2, 0) is 11.3 Å². The third kappa shape index (κ3) is 4.44. The number of amides is 1. The Morgan fingerprint density at radius 2 is 1.97 bits per heavy atom. The van der Waals surface area contributed by atoms with Crippen molar-refractivity contribution < 1.29 is 9.53 Å². The molecule has 8 nitrogen and oxygen atoms in total. The van der Waals surface area contributed by atoms with E-state index < -0.39 is 0 Å². The Hall–Kier alpha value is -3.56. The van der Waals surface area contributed by atoms with Crippen molar-refractivity contribution in [2.75, 3.05) is 31.2 Å². The lowest BCUT2D eigenvalue weighted by Crippen LogP contribution is -2.36. The van der Waals surface area contributed by atoms with Crippen molar-refractivity contribution in [3.8, 4) is 11.3 Å². The topological polar surface area (TPSA) is 84.6 Å². The molecule has 1 N–H and O–H groups in total. The van der Waals surface area contributed by atoms with E-state index in [1.54, 1.807) is 29.7 Å². The van der Waals surface area contributed by atoms with Gasteiger partial charge in [0.05, 0.1) is 41.0 Å². The second-order valence-corrected chi connectivity index (χ2v) is 8.99. The number of fused-ring (bicyclic) bond motifs is 1. The first-order valence-corrected chi connectivity index (χ1v) is 12.1. The summed E-state index contributed by atoms with van der Waals surface area (Å²) < 4.78 is 7.59. The van der Waals surface area contributed by atoms with Crippen molar-refractivity contribution in [2.45, 2.75) is 20.4 Å². The Morgan fingerprint density at radius 1 is 1.18 bits per heavy atom. The number of benzene rings is 2. The molecule has 1 aliphatic rings. The zero-order valence-corrected chi connectivity index (χ0v) is 20.0. The molecule has 0 spiro atoms. The molecular weight excluding hydrogens is 448 g/mol. The minimum atomic E-state index is -0.277. The van der Waals surface area contributed by atoms with Gasteiger partial charge in [0.1, 0.15) is 5.82 Å². The van der Waals surface area contributed by atoms with Crippen LogP contribution in [0.4, 0.5) is 5.13 Å². The van der Waals surface area contributed by atoms with Crippen LogP contribution in [0.1, 0.15) is 28.0 Å². The molecule has 3 heterocycles. The molecule has 2 aromatic heterocycles. The average Bonchev–Trinajstić information content (AvgIpc) is 3.44. The maximum Gasteiger partial charge on any atom is 0.271 e. The SMILES string of the molecule is CCn1c(C)nc2cc(C(=O)N/N=C/c3sc(N4CCOCC4)nc3-c3ccccc3)ccc21. The highest BCUT2D eigenvalue weighted by atomic mass is 32.1. The van der Waals surface area contributed by atoms with E-state index >= 15 is 0 Å². The monoisotopic (exact) mass is 474 g/mol. The van der Waals surface area contributed by atoms with Crippen molar-refractivity contribution in [1.82, 2.24) is 20.0 Å². The predicted octanol–water partition coefficient (Wildman–Crippen LogP) is 4.09. The lowest BCUT2D eigenvalue weighted by atomic mass is 10.1. The van der Waals surface area contributed by atoms with Crippen molar-refractivity contribution in [2.24, 2.45) is 5.10 Å². The van der Waals surface area contributed by atoms with Gasteiger partial charge in [-0.15, -0.1) is 0 Å². The number of carbonyl (C=O) groups is 1. The quantitative estimate of drug-likeness (QED) is 0.336. The number of carbonyl (C=O) groups excluding carboxylic acids is 1. The van der Waals surface area contributed by atoms with E-state index in [9.17, 15) is 4.79 Å². The number of nitrogens with zero attached hydrogens (tertiary/aromatic N) is 5. The summed E-state index contributed by atoms with van der Waals surface area (Å²) in [5.74, 6) is 0.656. The van der Waals surface area contributed by atoms with Crippen molar-refractivity contribution in [1.29, 1.82) is 0 Å². The van der Waals surface area contributed by atoms with Gasteiger partial charge in [-0.05, 0) is 32.0 Å². The fourth-order valence-electron chi connectivity index (χ4n) is 4.11. The summed E-state index contributed by atoms with van der Waals surface area (Å²) in [4.78, 5) is 25.3. The number of imidazole rings is 1. The first-order chi connectivity index (χ1) is 16.6. The molecule has 174 valence electrons. The standard InChI is InChI=1S/C25H26N6O2S/c1-3-31-17(2)27-20-15-19(9-10-21(20)31)24(32)29-26-16-22-23(18-7-5-4-6-8-18)28-25(34-22)30-11-13-33-14-12-30/h4-10,15-16H,3,11-14H2,1-2H3,(H,29,32)/b26-16+. The second kappa shape index (κ2) is 9.74. The van der Waals surface area contributed by atoms with Crippen LogP contribution in [0.3, 0.4) is 0 Å². The lowest BCUT2D eigenvalue weighted by molar-refractivity contribution is 0.0955. The summed E-state index contributed by atoms with van der Waals surface area (Å²) in [6.45, 7) is 7.90. The molecule has 0 radical (unpaired) electrons. The summed E-state index contributed by atoms with van der Waals surface area (Å²) >= 11 is 1.56. The van der Waals surface area contributed by atoms with Gasteiger partial charge >= 0.3 is 0 Å². The van der Waals surface area contributed by atoms with Gasteiger partial charge in [-0.25, -0.2) is 15.4 Å². The number of morpholine rings is 1. The van der Waals surface area contributed by atoms with E-state index in [0.29, 0.717) is 18.8 Å². The van der Waals surface area contributed by atoms with Crippen LogP contribution in [0.25, 0.3) is 22.3 Å². The Bertz CT molecular complexity index is 1340. The van der Waals surface area contributed by atoms with Crippen LogP contribution in [0.15, 0.2) is 53.6 Å². The Morgan fingerprint density at radius 3 is 2.74 bits per heavy atom. The summed E-state index contributed by atoms with van der Waals surface area (Å²) in [5.41, 5.74) is 6.87. The molecule has 1 aliphatic heterocycles. The van der Waals surface area contributed by atoms with Crippen LogP contribution in [-0.4, -0.2) is 53.0 Å². The number of anilines is 1. The van der Waals surface area contributed by atoms with Gasteiger partial charge in [-0.2, -0.15) is 5.10 Å². The number of nitrogens with one attached hydrogen (secondary N) is 1. The molecule has 0 unspecified atom stereocenters. The van der Waals surface area contributed by atoms with E-state index in [1.807, 2.05) is 43.3 Å². The maximum atomic E-state index is 12.8. The number of rotatable bonds is 6. The van der Waals surface area contributed by atoms with Gasteiger partial charge in [0.2, 0.25) is 0 Å². The fourth-order valence-corrected chi connectivity index (χ4v) is 5.12. The Kier molecular flexibility index (Phi) is 6.37. The van der Waals surface area contributed by atoms with Gasteiger partial charge < -0.3 is 14.2 Å². The zero-order chi connectivity index (χ0) is 23.5. The molecule has 5 rings (SSSR count). The summed E-state index contributed by atoms with van der Waals surface area (Å²) in [6.07, 6.45) is 1.68. The van der Waals surface area contributed by atoms with Crippen LogP contribution >= 0.6 is 11.3 Å². The van der Waals surface area contributed by atoms with Crippen LogP contribution in [0.2, 0.25) is 0 Å². The molecule has 9 heteroatoms. The third-order valence-corrected chi connectivity index (χ3v) is 6.89. The molecule has 0 atom stereocenters. The summed E-state index contributed by atoms with van der Waals surface area (Å²) in [7, 11) is 0. The zero-order valence-electron chi connectivity index (χ0n) is 19.2. The molecule has 2 aromatic carbocycles. The Labute approximate surface area is 201 Å². The van der Waals surface area contributed by atoms with E-state index in [-0.39, 0.29) is 5.91 Å². The van der Waals surface area contributed by atoms with E-state index in [4.69, 9.17) is 9.72 Å². The highest BCUT2D eigenvalue weighted by Gasteiger charge is 2.19. The predicted molar refractivity (Wildman–Crippen MR) is 136 cm³/mol. The molecule has 4 aromatic rings. The molecule has 34 heavy (non-hydrogen) atoms. The summed E-state index contributed by atoms with van der Waals surface area (Å²) in [5, 5.41) is 5.19. The number of thiazole rings is 1. The molecular formula is C25H26N6O2S. The maximum absolute atomic E-state index is 12.8. The van der Waals surface area contributed by atoms with Gasteiger partial charge in [0.15, 0.2) is 5.13 Å². The molecule has 0 bridgehead atoms. The number of aryl methyl sites for hydroxylation is 2. The number of ether oxygens (including phenoxy) is 1. The lowest BCUT2D eigenvalue weighted by Gasteiger charge is -2.26. The van der Waals surface area contributed by atoms with Gasteiger partial charge in [0, 0.05) is 30.8 Å². The average molecular weight is 475 g/mol. The van der Waals surface area contributed by atoms with Gasteiger partial charge in [0.25, 0.3) is 5.91 Å². The summed E-state index contributed by atoms with van der Waals surface area (Å²) in [6, 6.07) is 15.6.